The van der Waals surface area contributed by atoms with Gasteiger partial charge in [-0.15, -0.1) is 0 Å². The second-order valence-corrected chi connectivity index (χ2v) is 7.47. The predicted molar refractivity (Wildman–Crippen MR) is 114 cm³/mol. The Morgan fingerprint density at radius 2 is 1.79 bits per heavy atom. The smallest absolute Gasteiger partial charge is 0.451 e. The van der Waals surface area contributed by atoms with Crippen molar-refractivity contribution in [3.05, 3.63) is 62.0 Å². The van der Waals surface area contributed by atoms with Crippen molar-refractivity contribution in [2.24, 2.45) is 14.1 Å². The van der Waals surface area contributed by atoms with Gasteiger partial charge in [0.1, 0.15) is 5.75 Å². The molecule has 9 nitrogen and oxygen atoms in total. The number of nitrogens with zero attached hydrogens (tertiary/aromatic N) is 4. The van der Waals surface area contributed by atoms with Gasteiger partial charge in [0.2, 0.25) is 17.6 Å². The minimum Gasteiger partial charge on any atom is -0.494 e. The van der Waals surface area contributed by atoms with Crippen LogP contribution in [0.15, 0.2) is 29.2 Å². The van der Waals surface area contributed by atoms with Gasteiger partial charge in [-0.1, -0.05) is 0 Å². The van der Waals surface area contributed by atoms with E-state index >= 15 is 0 Å². The quantitative estimate of drug-likeness (QED) is 0.548. The Kier molecular flexibility index (Phi) is 6.27. The van der Waals surface area contributed by atoms with Gasteiger partial charge in [0.15, 0.2) is 10.3 Å². The van der Waals surface area contributed by atoms with E-state index in [1.807, 2.05) is 0 Å². The molecule has 1 amide bonds. The molecule has 2 heterocycles. The summed E-state index contributed by atoms with van der Waals surface area (Å²) < 4.78 is 46.1. The molecule has 2 N–H and O–H groups in total. The van der Waals surface area contributed by atoms with Crippen LogP contribution in [0.2, 0.25) is 0 Å². The van der Waals surface area contributed by atoms with Gasteiger partial charge >= 0.3 is 6.18 Å². The van der Waals surface area contributed by atoms with Gasteiger partial charge in [0.25, 0.3) is 11.5 Å². The Labute approximate surface area is 190 Å². The van der Waals surface area contributed by atoms with Gasteiger partial charge in [-0.05, 0) is 49.3 Å². The number of nitrogens with one attached hydrogen (secondary N) is 1. The third-order valence-corrected chi connectivity index (χ3v) is 5.26. The van der Waals surface area contributed by atoms with E-state index in [-0.39, 0.29) is 16.4 Å². The van der Waals surface area contributed by atoms with Crippen LogP contribution in [-0.4, -0.2) is 30.1 Å². The van der Waals surface area contributed by atoms with Crippen LogP contribution < -0.4 is 15.6 Å². The molecule has 174 valence electrons. The highest BCUT2D eigenvalue weighted by Gasteiger charge is 2.35. The van der Waals surface area contributed by atoms with Crippen LogP contribution in [0.4, 0.5) is 18.9 Å². The molecule has 1 aromatic carbocycles. The summed E-state index contributed by atoms with van der Waals surface area (Å²) in [6.45, 7) is 3.25. The maximum atomic E-state index is 12.8. The Hall–Kier alpha value is -3.74. The van der Waals surface area contributed by atoms with Gasteiger partial charge in [-0.2, -0.15) is 18.2 Å². The Morgan fingerprint density at radius 3 is 2.36 bits per heavy atom. The summed E-state index contributed by atoms with van der Waals surface area (Å²) in [4.78, 5) is 31.8. The number of anilines is 1. The first-order valence-electron chi connectivity index (χ1n) is 9.31. The molecular weight excluding hydrogens is 463 g/mol. The minimum absolute atomic E-state index is 0.0290. The summed E-state index contributed by atoms with van der Waals surface area (Å²) in [7, 11) is 2.79. The molecule has 0 aliphatic heterocycles. The van der Waals surface area contributed by atoms with Crippen molar-refractivity contribution < 1.29 is 27.8 Å². The van der Waals surface area contributed by atoms with Gasteiger partial charge in [0, 0.05) is 32.0 Å². The summed E-state index contributed by atoms with van der Waals surface area (Å²) in [6.07, 6.45) is -3.79. The van der Waals surface area contributed by atoms with E-state index in [2.05, 4.69) is 15.3 Å². The number of aryl methyl sites for hydroxylation is 2. The lowest BCUT2D eigenvalue weighted by Crippen LogP contribution is -2.31. The summed E-state index contributed by atoms with van der Waals surface area (Å²) in [6, 6.07) is 4.13. The number of carbonyl (C=O) groups is 1. The van der Waals surface area contributed by atoms with E-state index in [0.717, 1.165) is 15.3 Å². The molecule has 0 saturated carbocycles. The molecule has 0 aliphatic rings. The van der Waals surface area contributed by atoms with Crippen LogP contribution in [-0.2, 0) is 20.3 Å². The summed E-state index contributed by atoms with van der Waals surface area (Å²) in [5, 5.41) is 12.8. The summed E-state index contributed by atoms with van der Waals surface area (Å²) >= 11 is 5.03. The molecule has 0 atom stereocenters. The molecule has 0 aliphatic carbocycles. The molecule has 0 spiro atoms. The summed E-state index contributed by atoms with van der Waals surface area (Å²) in [5.41, 5.74) is 0.0478. The topological polar surface area (TPSA) is 111 Å². The number of amides is 1. The van der Waals surface area contributed by atoms with Crippen molar-refractivity contribution >= 4 is 23.8 Å². The lowest BCUT2D eigenvalue weighted by molar-refractivity contribution is -0.145. The van der Waals surface area contributed by atoms with Crippen LogP contribution in [0.3, 0.4) is 0 Å². The molecule has 2 aromatic heterocycles. The minimum atomic E-state index is -4.72. The maximum Gasteiger partial charge on any atom is 0.451 e. The molecule has 0 bridgehead atoms. The fourth-order valence-corrected chi connectivity index (χ4v) is 3.21. The van der Waals surface area contributed by atoms with E-state index in [9.17, 15) is 27.9 Å². The molecule has 0 unspecified atom stereocenters. The molecule has 33 heavy (non-hydrogen) atoms. The van der Waals surface area contributed by atoms with Crippen LogP contribution in [0, 0.1) is 18.6 Å². The van der Waals surface area contributed by atoms with E-state index in [4.69, 9.17) is 17.0 Å². The summed E-state index contributed by atoms with van der Waals surface area (Å²) in [5.74, 6) is -2.91. The number of ether oxygens (including phenoxy) is 1. The highest BCUT2D eigenvalue weighted by molar-refractivity contribution is 7.71. The molecular formula is C20H18F3N5O4S. The number of alkyl halides is 3. The van der Waals surface area contributed by atoms with Crippen molar-refractivity contribution in [2.75, 3.05) is 5.32 Å². The first-order chi connectivity index (χ1) is 15.3. The van der Waals surface area contributed by atoms with Gasteiger partial charge in [-0.25, -0.2) is 4.98 Å². The standard InChI is InChI=1S/C20H18F3N5O4S/c1-9-7-11(32-12-5-6-24-18(25-12)20(21,22)23)8-10(2)14(9)26-15(29)13-16(30)27(3)19(33)28(4)17(13)31/h5-8,30H,1-4H3,(H,26,29). The molecule has 3 rings (SSSR count). The SMILES string of the molecule is Cc1cc(Oc2ccnc(C(F)(F)F)n2)cc(C)c1NC(=O)c1c(O)n(C)c(=S)n(C)c1=O. The third-order valence-electron chi connectivity index (χ3n) is 4.71. The van der Waals surface area contributed by atoms with E-state index < -0.39 is 34.9 Å². The number of hydrogen-bond acceptors (Lipinski definition) is 7. The Balaban J connectivity index is 1.92. The number of rotatable bonds is 4. The van der Waals surface area contributed by atoms with Crippen LogP contribution in [0.1, 0.15) is 27.3 Å². The molecule has 0 fully saturated rings. The molecule has 13 heteroatoms. The second-order valence-electron chi connectivity index (χ2n) is 7.11. The zero-order valence-electron chi connectivity index (χ0n) is 17.8. The fourth-order valence-electron chi connectivity index (χ4n) is 3.04. The number of aromatic nitrogens is 4. The van der Waals surface area contributed by atoms with Gasteiger partial charge in [-0.3, -0.25) is 18.7 Å². The third kappa shape index (κ3) is 4.72. The molecule has 0 saturated heterocycles. The number of benzene rings is 1. The average Bonchev–Trinajstić information content (AvgIpc) is 2.73. The fraction of sp³-hybridized carbons (Fsp3) is 0.250. The van der Waals surface area contributed by atoms with Gasteiger partial charge < -0.3 is 15.2 Å². The number of halogens is 3. The largest absolute Gasteiger partial charge is 0.494 e. The first kappa shape index (κ1) is 23.9. The van der Waals surface area contributed by atoms with E-state index in [1.54, 1.807) is 13.8 Å². The maximum absolute atomic E-state index is 12.8. The van der Waals surface area contributed by atoms with E-state index in [1.165, 1.54) is 32.3 Å². The van der Waals surface area contributed by atoms with Crippen LogP contribution in [0.5, 0.6) is 17.5 Å². The van der Waals surface area contributed by atoms with Crippen LogP contribution >= 0.6 is 12.2 Å². The van der Waals surface area contributed by atoms with Crippen molar-refractivity contribution in [2.45, 2.75) is 20.0 Å². The highest BCUT2D eigenvalue weighted by atomic mass is 32.1. The first-order valence-corrected chi connectivity index (χ1v) is 9.71. The average molecular weight is 481 g/mol. The lowest BCUT2D eigenvalue weighted by atomic mass is 10.1. The number of hydrogen-bond donors (Lipinski definition) is 2. The van der Waals surface area contributed by atoms with Gasteiger partial charge in [0.05, 0.1) is 0 Å². The van der Waals surface area contributed by atoms with Crippen molar-refractivity contribution in [1.82, 2.24) is 19.1 Å². The Morgan fingerprint density at radius 1 is 1.18 bits per heavy atom. The highest BCUT2D eigenvalue weighted by Crippen LogP contribution is 2.31. The zero-order valence-corrected chi connectivity index (χ0v) is 18.6. The monoisotopic (exact) mass is 481 g/mol. The molecule has 0 radical (unpaired) electrons. The van der Waals surface area contributed by atoms with Crippen molar-refractivity contribution in [1.29, 1.82) is 0 Å². The lowest BCUT2D eigenvalue weighted by Gasteiger charge is -2.16. The van der Waals surface area contributed by atoms with Crippen molar-refractivity contribution in [3.63, 3.8) is 0 Å². The predicted octanol–water partition coefficient (Wildman–Crippen LogP) is 3.63. The zero-order chi connectivity index (χ0) is 24.7. The van der Waals surface area contributed by atoms with E-state index in [0.29, 0.717) is 16.8 Å². The van der Waals surface area contributed by atoms with Crippen LogP contribution in [0.25, 0.3) is 0 Å². The van der Waals surface area contributed by atoms with Crippen molar-refractivity contribution in [3.8, 4) is 17.5 Å². The Bertz CT molecular complexity index is 1360. The molecule has 3 aromatic rings. The normalized spacial score (nSPS) is 11.4. The number of carbonyl (C=O) groups excluding carboxylic acids is 1. The number of aromatic hydroxyl groups is 1. The second kappa shape index (κ2) is 8.65.